The van der Waals surface area contributed by atoms with Gasteiger partial charge in [0.25, 0.3) is 0 Å². The third kappa shape index (κ3) is 15.7. The van der Waals surface area contributed by atoms with Crippen molar-refractivity contribution in [1.82, 2.24) is 10.6 Å². The quantitative estimate of drug-likeness (QED) is 0.0860. The smallest absolute Gasteiger partial charge is 0.228 e. The number of thiocarbonyl (C=S) groups is 1. The molecule has 0 saturated carbocycles. The number of halogens is 4. The van der Waals surface area contributed by atoms with E-state index in [2.05, 4.69) is 22.9 Å². The average molecular weight is 541 g/mol. The third-order valence-electron chi connectivity index (χ3n) is 5.27. The number of carbonyl (C=O) groups excluding carboxylic acids is 1. The molecule has 3 N–H and O–H groups in total. The van der Waals surface area contributed by atoms with Gasteiger partial charge in [0.2, 0.25) is 9.70 Å². The van der Waals surface area contributed by atoms with Gasteiger partial charge in [-0.25, -0.2) is 4.39 Å². The fourth-order valence-corrected chi connectivity index (χ4v) is 3.95. The normalized spacial score (nSPS) is 12.3. The molecule has 0 aromatic heterocycles. The van der Waals surface area contributed by atoms with Crippen LogP contribution in [0.15, 0.2) is 24.3 Å². The largest absolute Gasteiger partial charge is 0.339 e. The number of rotatable bonds is 16. The summed E-state index contributed by atoms with van der Waals surface area (Å²) < 4.78 is 11.2. The summed E-state index contributed by atoms with van der Waals surface area (Å²) in [5.74, 6) is -0.570. The van der Waals surface area contributed by atoms with E-state index in [1.54, 1.807) is 0 Å². The van der Waals surface area contributed by atoms with Crippen molar-refractivity contribution in [2.75, 3.05) is 5.32 Å². The lowest BCUT2D eigenvalue weighted by molar-refractivity contribution is -0.122. The number of anilines is 1. The van der Waals surface area contributed by atoms with Crippen LogP contribution in [0.25, 0.3) is 0 Å². The molecule has 1 aromatic rings. The van der Waals surface area contributed by atoms with Gasteiger partial charge in [0.1, 0.15) is 12.0 Å². The van der Waals surface area contributed by atoms with Gasteiger partial charge in [0.05, 0.1) is 0 Å². The van der Waals surface area contributed by atoms with Crippen molar-refractivity contribution >= 4 is 63.7 Å². The van der Waals surface area contributed by atoms with E-state index in [-0.39, 0.29) is 16.8 Å². The van der Waals surface area contributed by atoms with Crippen LogP contribution in [-0.2, 0) is 4.79 Å². The highest BCUT2D eigenvalue weighted by Crippen LogP contribution is 2.29. The number of unbranched alkanes of at least 4 members (excludes halogenated alkanes) is 11. The predicted octanol–water partition coefficient (Wildman–Crippen LogP) is 8.02. The number of carbonyl (C=O) groups is 1. The summed E-state index contributed by atoms with van der Waals surface area (Å²) in [4.78, 5) is 12.3. The summed E-state index contributed by atoms with van der Waals surface area (Å²) in [6, 6.07) is 5.65. The first kappa shape index (κ1) is 30.2. The molecule has 0 aliphatic rings. The van der Waals surface area contributed by atoms with Crippen LogP contribution in [0.3, 0.4) is 0 Å². The maximum absolute atomic E-state index is 13.0. The molecule has 4 nitrogen and oxygen atoms in total. The van der Waals surface area contributed by atoms with E-state index in [1.165, 1.54) is 82.1 Å². The Morgan fingerprint density at radius 1 is 0.879 bits per heavy atom. The number of hydrogen-bond acceptors (Lipinski definition) is 2. The second kappa shape index (κ2) is 17.6. The van der Waals surface area contributed by atoms with E-state index < -0.39 is 9.96 Å². The third-order valence-corrected chi connectivity index (χ3v) is 6.14. The summed E-state index contributed by atoms with van der Waals surface area (Å²) in [6.07, 6.45) is 14.1. The van der Waals surface area contributed by atoms with Crippen molar-refractivity contribution in [1.29, 1.82) is 0 Å². The van der Waals surface area contributed by atoms with Gasteiger partial charge < -0.3 is 16.0 Å². The first-order valence-electron chi connectivity index (χ1n) is 11.9. The molecule has 0 bridgehead atoms. The van der Waals surface area contributed by atoms with Gasteiger partial charge in [-0.2, -0.15) is 0 Å². The molecule has 9 heteroatoms. The molecular weight excluding hydrogens is 504 g/mol. The van der Waals surface area contributed by atoms with Crippen LogP contribution >= 0.6 is 47.0 Å². The van der Waals surface area contributed by atoms with Crippen LogP contribution in [0.1, 0.15) is 90.4 Å². The molecule has 0 heterocycles. The van der Waals surface area contributed by atoms with Crippen molar-refractivity contribution in [2.24, 2.45) is 0 Å². The number of hydrogen-bond donors (Lipinski definition) is 3. The minimum absolute atomic E-state index is 0.142. The van der Waals surface area contributed by atoms with Crippen molar-refractivity contribution in [3.8, 4) is 0 Å². The molecule has 1 rings (SSSR count). The van der Waals surface area contributed by atoms with E-state index in [0.717, 1.165) is 19.3 Å². The number of nitrogens with one attached hydrogen (secondary N) is 3. The monoisotopic (exact) mass is 539 g/mol. The molecule has 0 aliphatic carbocycles. The van der Waals surface area contributed by atoms with Gasteiger partial charge in [-0.1, -0.05) is 112 Å². The highest BCUT2D eigenvalue weighted by molar-refractivity contribution is 7.80. The molecular formula is C24H37Cl3FN3OS. The second-order valence-corrected chi connectivity index (χ2v) is 11.1. The van der Waals surface area contributed by atoms with Crippen LogP contribution in [-0.4, -0.2) is 21.0 Å². The van der Waals surface area contributed by atoms with Crippen LogP contribution in [0, 0.1) is 5.82 Å². The van der Waals surface area contributed by atoms with Gasteiger partial charge in [-0.05, 0) is 42.9 Å². The molecule has 0 fully saturated rings. The first-order valence-corrected chi connectivity index (χ1v) is 13.5. The summed E-state index contributed by atoms with van der Waals surface area (Å²) in [7, 11) is 0. The molecule has 0 radical (unpaired) electrons. The molecule has 0 spiro atoms. The van der Waals surface area contributed by atoms with Gasteiger partial charge in [-0.3, -0.25) is 4.79 Å². The van der Waals surface area contributed by atoms with Crippen molar-refractivity contribution < 1.29 is 9.18 Å². The molecule has 1 aromatic carbocycles. The van der Waals surface area contributed by atoms with E-state index >= 15 is 0 Å². The molecule has 1 amide bonds. The highest BCUT2D eigenvalue weighted by Gasteiger charge is 2.34. The Labute approximate surface area is 218 Å². The minimum Gasteiger partial charge on any atom is -0.339 e. The van der Waals surface area contributed by atoms with Crippen LogP contribution in [0.2, 0.25) is 0 Å². The summed E-state index contributed by atoms with van der Waals surface area (Å²) >= 11 is 23.2. The zero-order chi connectivity index (χ0) is 24.5. The Morgan fingerprint density at radius 2 is 1.36 bits per heavy atom. The zero-order valence-corrected chi connectivity index (χ0v) is 22.5. The molecule has 188 valence electrons. The lowest BCUT2D eigenvalue weighted by Gasteiger charge is -2.27. The number of benzene rings is 1. The molecule has 0 aliphatic heterocycles. The van der Waals surface area contributed by atoms with Crippen LogP contribution in [0.5, 0.6) is 0 Å². The maximum atomic E-state index is 13.0. The highest BCUT2D eigenvalue weighted by atomic mass is 35.6. The van der Waals surface area contributed by atoms with Gasteiger partial charge in [-0.15, -0.1) is 0 Å². The van der Waals surface area contributed by atoms with Crippen molar-refractivity contribution in [2.45, 2.75) is 100 Å². The van der Waals surface area contributed by atoms with E-state index in [9.17, 15) is 9.18 Å². The van der Waals surface area contributed by atoms with Gasteiger partial charge in [0, 0.05) is 12.1 Å². The average Bonchev–Trinajstić information content (AvgIpc) is 2.75. The standard InChI is InChI=1S/C24H37Cl3FN3OS/c1-2-3-4-5-6-7-8-9-10-11-12-13-14-21(32)30-22(24(25,26)27)31-23(33)29-20-17-15-19(28)16-18-20/h15-18,22H,2-14H2,1H3,(H,30,32)(H2,29,31,33)/t22-/m1/s1. The lowest BCUT2D eigenvalue weighted by Crippen LogP contribution is -2.56. The molecule has 33 heavy (non-hydrogen) atoms. The van der Waals surface area contributed by atoms with Crippen LogP contribution < -0.4 is 16.0 Å². The summed E-state index contributed by atoms with van der Waals surface area (Å²) in [6.45, 7) is 2.24. The molecule has 0 unspecified atom stereocenters. The van der Waals surface area contributed by atoms with Crippen molar-refractivity contribution in [3.63, 3.8) is 0 Å². The van der Waals surface area contributed by atoms with E-state index in [0.29, 0.717) is 12.1 Å². The summed E-state index contributed by atoms with van der Waals surface area (Å²) in [5.41, 5.74) is 0.569. The fourth-order valence-electron chi connectivity index (χ4n) is 3.39. The Balaban J connectivity index is 2.21. The number of amides is 1. The zero-order valence-electron chi connectivity index (χ0n) is 19.4. The molecule has 1 atom stereocenters. The Bertz CT molecular complexity index is 687. The van der Waals surface area contributed by atoms with Gasteiger partial charge in [0.15, 0.2) is 5.11 Å². The Morgan fingerprint density at radius 3 is 1.85 bits per heavy atom. The Hall–Kier alpha value is -0.820. The summed E-state index contributed by atoms with van der Waals surface area (Å²) in [5, 5.41) is 8.49. The van der Waals surface area contributed by atoms with Crippen molar-refractivity contribution in [3.05, 3.63) is 30.1 Å². The SMILES string of the molecule is CCCCCCCCCCCCCCC(=O)N[C@H](NC(=S)Nc1ccc(F)cc1)C(Cl)(Cl)Cl. The second-order valence-electron chi connectivity index (χ2n) is 8.29. The predicted molar refractivity (Wildman–Crippen MR) is 144 cm³/mol. The first-order chi connectivity index (χ1) is 15.7. The lowest BCUT2D eigenvalue weighted by atomic mass is 10.0. The molecule has 0 saturated heterocycles. The topological polar surface area (TPSA) is 53.2 Å². The minimum atomic E-state index is -1.80. The number of alkyl halides is 3. The van der Waals surface area contributed by atoms with Crippen LogP contribution in [0.4, 0.5) is 10.1 Å². The van der Waals surface area contributed by atoms with E-state index in [1.807, 2.05) is 0 Å². The Kier molecular flexibility index (Phi) is 16.1. The fraction of sp³-hybridized carbons (Fsp3) is 0.667. The van der Waals surface area contributed by atoms with Gasteiger partial charge >= 0.3 is 0 Å². The van der Waals surface area contributed by atoms with E-state index in [4.69, 9.17) is 47.0 Å². The maximum Gasteiger partial charge on any atom is 0.228 e.